The number of hydrogen-bond donors (Lipinski definition) is 0. The fourth-order valence-electron chi connectivity index (χ4n) is 11.9. The number of rotatable bonds is 6. The smallest absolute Gasteiger partial charge is 0.303 e. The molecule has 2 saturated carbocycles. The first-order chi connectivity index (χ1) is 17.9. The molecule has 0 radical (unpaired) electrons. The summed E-state index contributed by atoms with van der Waals surface area (Å²) in [5.41, 5.74) is -0.325. The van der Waals surface area contributed by atoms with Crippen LogP contribution in [0.4, 0.5) is 0 Å². The van der Waals surface area contributed by atoms with Crippen LogP contribution in [-0.2, 0) is 23.8 Å². The number of carbonyl (C=O) groups excluding carboxylic acids is 2. The highest BCUT2D eigenvalue weighted by Gasteiger charge is 2.80. The summed E-state index contributed by atoms with van der Waals surface area (Å²) in [7, 11) is 0. The molecule has 212 valence electrons. The van der Waals surface area contributed by atoms with Crippen molar-refractivity contribution in [3.8, 4) is 0 Å². The molecule has 12 atom stereocenters. The van der Waals surface area contributed by atoms with Gasteiger partial charge in [-0.25, -0.2) is 0 Å². The lowest BCUT2D eigenvalue weighted by Crippen LogP contribution is -2.69. The van der Waals surface area contributed by atoms with Crippen molar-refractivity contribution in [1.29, 1.82) is 0 Å². The Hall–Kier alpha value is -0.980. The average Bonchev–Trinajstić information content (AvgIpc) is 3.47. The monoisotopic (exact) mass is 527 g/mol. The van der Waals surface area contributed by atoms with E-state index in [0.717, 1.165) is 12.8 Å². The van der Waals surface area contributed by atoms with Crippen molar-refractivity contribution >= 4 is 11.8 Å². The molecule has 7 aliphatic rings. The minimum atomic E-state index is -0.792. The Kier molecular flexibility index (Phi) is 5.51. The van der Waals surface area contributed by atoms with Crippen molar-refractivity contribution < 1.29 is 23.8 Å². The second-order valence-electron chi connectivity index (χ2n) is 15.4. The minimum absolute atomic E-state index is 0.00279. The van der Waals surface area contributed by atoms with E-state index in [4.69, 9.17) is 14.2 Å². The summed E-state index contributed by atoms with van der Waals surface area (Å²) in [6, 6.07) is 0.482. The van der Waals surface area contributed by atoms with E-state index in [0.29, 0.717) is 42.7 Å². The van der Waals surface area contributed by atoms with E-state index in [1.807, 2.05) is 13.8 Å². The Bertz CT molecular complexity index is 1040. The molecule has 6 heteroatoms. The van der Waals surface area contributed by atoms with Crippen molar-refractivity contribution in [2.24, 2.45) is 39.9 Å². The first-order valence-corrected chi connectivity index (χ1v) is 15.7. The molecule has 7 rings (SSSR count). The first kappa shape index (κ1) is 26.0. The van der Waals surface area contributed by atoms with Gasteiger partial charge in [0.25, 0.3) is 0 Å². The maximum absolute atomic E-state index is 14.7. The lowest BCUT2D eigenvalue weighted by atomic mass is 9.42. The van der Waals surface area contributed by atoms with Crippen LogP contribution >= 0.6 is 0 Å². The largest absolute Gasteiger partial charge is 0.454 e. The predicted molar refractivity (Wildman–Crippen MR) is 143 cm³/mol. The van der Waals surface area contributed by atoms with E-state index < -0.39 is 17.3 Å². The van der Waals surface area contributed by atoms with Crippen LogP contribution in [0, 0.1) is 39.9 Å². The van der Waals surface area contributed by atoms with Gasteiger partial charge in [-0.15, -0.1) is 0 Å². The van der Waals surface area contributed by atoms with E-state index >= 15 is 0 Å². The Morgan fingerprint density at radius 3 is 2.55 bits per heavy atom. The Balaban J connectivity index is 1.33. The third-order valence-corrected chi connectivity index (χ3v) is 13.7. The van der Waals surface area contributed by atoms with Gasteiger partial charge >= 0.3 is 5.97 Å². The lowest BCUT2D eigenvalue weighted by molar-refractivity contribution is -0.284. The number of esters is 1. The molecule has 7 fully saturated rings. The molecule has 0 aromatic carbocycles. The first-order valence-electron chi connectivity index (χ1n) is 15.7. The zero-order chi connectivity index (χ0) is 26.9. The fraction of sp³-hybridized carbons (Fsp3) is 0.938. The number of piperidine rings is 2. The third-order valence-electron chi connectivity index (χ3n) is 13.7. The Morgan fingerprint density at radius 1 is 1.03 bits per heavy atom. The molecule has 5 aliphatic heterocycles. The molecular weight excluding hydrogens is 478 g/mol. The highest BCUT2D eigenvalue weighted by Crippen LogP contribution is 2.79. The van der Waals surface area contributed by atoms with Gasteiger partial charge in [-0.2, -0.15) is 0 Å². The molecule has 7 bridgehead atoms. The highest BCUT2D eigenvalue weighted by atomic mass is 16.7. The number of hydrogen-bond acceptors (Lipinski definition) is 6. The van der Waals surface area contributed by atoms with E-state index in [9.17, 15) is 9.59 Å². The quantitative estimate of drug-likeness (QED) is 0.424. The van der Waals surface area contributed by atoms with Crippen LogP contribution in [0.5, 0.6) is 0 Å². The SMILES string of the molecule is CC(=O)O[C@@H](C[C@]12[C@@H]3[C@@H](C(C)C)CC[C@@]1(C)[C@@H]1CC[C@@]4(CCC[C@H]42)N3C1)C(=O)[C@]1(C)CO[C@@]2(C)CC[C@@H]1O2. The van der Waals surface area contributed by atoms with Crippen LogP contribution in [0.3, 0.4) is 0 Å². The van der Waals surface area contributed by atoms with Crippen LogP contribution in [0.1, 0.15) is 106 Å². The number of ether oxygens (including phenoxy) is 3. The summed E-state index contributed by atoms with van der Waals surface area (Å²) in [5, 5.41) is 0. The van der Waals surface area contributed by atoms with E-state index in [-0.39, 0.29) is 34.2 Å². The van der Waals surface area contributed by atoms with E-state index in [1.54, 1.807) is 0 Å². The van der Waals surface area contributed by atoms with Gasteiger partial charge in [-0.1, -0.05) is 27.2 Å². The molecule has 0 aromatic heterocycles. The number of ketones is 1. The van der Waals surface area contributed by atoms with Gasteiger partial charge in [0.15, 0.2) is 17.7 Å². The molecule has 0 amide bonds. The van der Waals surface area contributed by atoms with Crippen molar-refractivity contribution in [2.75, 3.05) is 13.2 Å². The van der Waals surface area contributed by atoms with Gasteiger partial charge in [0.2, 0.25) is 0 Å². The topological polar surface area (TPSA) is 65.1 Å². The van der Waals surface area contributed by atoms with Gasteiger partial charge in [-0.05, 0) is 94.3 Å². The Labute approximate surface area is 228 Å². The van der Waals surface area contributed by atoms with Crippen LogP contribution in [0.2, 0.25) is 0 Å². The summed E-state index contributed by atoms with van der Waals surface area (Å²) in [5.74, 6) is 1.60. The zero-order valence-electron chi connectivity index (χ0n) is 24.5. The standard InChI is InChI=1S/C32H49NO5/c1-19(2)22-10-13-29(5)21-9-15-31-12-7-8-24(31)32(29,26(22)33(31)17-21)16-23(37-20(3)34)27(35)28(4)18-36-30(6)14-11-25(28)38-30/h19,21-26H,7-18H2,1-6H3/t21-,22-,23+,24-,25+,26+,28-,29+,30-,31-,32+/m1/s1. The number of fused-ring (bicyclic) bond motifs is 4. The minimum Gasteiger partial charge on any atom is -0.454 e. The molecular formula is C32H49NO5. The summed E-state index contributed by atoms with van der Waals surface area (Å²) in [6.07, 6.45) is 10.4. The maximum Gasteiger partial charge on any atom is 0.303 e. The molecule has 0 aromatic rings. The van der Waals surface area contributed by atoms with Gasteiger partial charge in [0.05, 0.1) is 18.1 Å². The van der Waals surface area contributed by atoms with Crippen LogP contribution in [-0.4, -0.2) is 59.4 Å². The van der Waals surface area contributed by atoms with Crippen LogP contribution in [0.25, 0.3) is 0 Å². The van der Waals surface area contributed by atoms with Crippen molar-refractivity contribution in [3.05, 3.63) is 0 Å². The number of carbonyl (C=O) groups is 2. The van der Waals surface area contributed by atoms with Gasteiger partial charge in [0, 0.05) is 36.9 Å². The molecule has 5 heterocycles. The molecule has 2 aliphatic carbocycles. The van der Waals surface area contributed by atoms with Gasteiger partial charge in [-0.3, -0.25) is 14.5 Å². The van der Waals surface area contributed by atoms with Crippen LogP contribution in [0.15, 0.2) is 0 Å². The van der Waals surface area contributed by atoms with Gasteiger partial charge in [0.1, 0.15) is 0 Å². The fourth-order valence-corrected chi connectivity index (χ4v) is 11.9. The number of nitrogens with zero attached hydrogens (tertiary/aromatic N) is 1. The zero-order valence-corrected chi connectivity index (χ0v) is 24.5. The molecule has 1 unspecified atom stereocenters. The van der Waals surface area contributed by atoms with Crippen molar-refractivity contribution in [1.82, 2.24) is 4.90 Å². The maximum atomic E-state index is 14.7. The van der Waals surface area contributed by atoms with Crippen molar-refractivity contribution in [2.45, 2.75) is 135 Å². The molecule has 0 N–H and O–H groups in total. The summed E-state index contributed by atoms with van der Waals surface area (Å²) in [4.78, 5) is 30.3. The van der Waals surface area contributed by atoms with Gasteiger partial charge < -0.3 is 14.2 Å². The third kappa shape index (κ3) is 3.01. The lowest BCUT2D eigenvalue weighted by Gasteiger charge is -2.67. The summed E-state index contributed by atoms with van der Waals surface area (Å²) < 4.78 is 18.6. The average molecular weight is 528 g/mol. The Morgan fingerprint density at radius 2 is 1.82 bits per heavy atom. The van der Waals surface area contributed by atoms with E-state index in [1.165, 1.54) is 58.4 Å². The summed E-state index contributed by atoms with van der Waals surface area (Å²) in [6.45, 7) is 14.4. The highest BCUT2D eigenvalue weighted by molar-refractivity contribution is 5.91. The van der Waals surface area contributed by atoms with Crippen molar-refractivity contribution in [3.63, 3.8) is 0 Å². The molecule has 1 spiro atoms. The second-order valence-corrected chi connectivity index (χ2v) is 15.4. The second kappa shape index (κ2) is 8.06. The predicted octanol–water partition coefficient (Wildman–Crippen LogP) is 5.51. The normalized spacial score (nSPS) is 54.7. The molecule has 5 saturated heterocycles. The number of Topliss-reactive ketones (excluding diaryl/α,β-unsaturated/α-hetero) is 1. The molecule has 38 heavy (non-hydrogen) atoms. The van der Waals surface area contributed by atoms with E-state index in [2.05, 4.69) is 25.7 Å². The summed E-state index contributed by atoms with van der Waals surface area (Å²) >= 11 is 0. The van der Waals surface area contributed by atoms with Crippen LogP contribution < -0.4 is 0 Å². The molecule has 6 nitrogen and oxygen atoms in total.